The number of benzene rings is 9. The Morgan fingerprint density at radius 3 is 1.64 bits per heavy atom. The number of nitrogens with zero attached hydrogens (tertiary/aromatic N) is 1. The Morgan fingerprint density at radius 1 is 0.458 bits per heavy atom. The van der Waals surface area contributed by atoms with Crippen molar-refractivity contribution < 1.29 is 0 Å². The normalized spacial score (nSPS) is 17.1. The first-order valence-electron chi connectivity index (χ1n) is 20.8. The van der Waals surface area contributed by atoms with E-state index in [1.54, 1.807) is 0 Å². The first kappa shape index (κ1) is 34.3. The smallest absolute Gasteiger partial charge is 0.0602 e. The number of rotatable bonds is 4. The summed E-state index contributed by atoms with van der Waals surface area (Å²) in [5.41, 5.74) is 11.4. The molecule has 2 aliphatic rings. The average molecular weight is 772 g/mol. The maximum Gasteiger partial charge on any atom is 0.0602 e. The molecule has 59 heavy (non-hydrogen) atoms. The molecule has 0 bridgehead atoms. The summed E-state index contributed by atoms with van der Waals surface area (Å²) >= 11 is 1.92. The summed E-state index contributed by atoms with van der Waals surface area (Å²) in [6, 6.07) is 67.6. The zero-order chi connectivity index (χ0) is 39.2. The Kier molecular flexibility index (Phi) is 7.64. The van der Waals surface area contributed by atoms with E-state index in [0.29, 0.717) is 0 Å². The Hall–Kier alpha value is -6.74. The molecular weight excluding hydrogens is 731 g/mol. The predicted molar refractivity (Wildman–Crippen MR) is 255 cm³/mol. The molecule has 0 radical (unpaired) electrons. The van der Waals surface area contributed by atoms with E-state index in [1.807, 2.05) is 11.3 Å². The van der Waals surface area contributed by atoms with Crippen LogP contribution in [0.1, 0.15) is 25.0 Å². The third-order valence-corrected chi connectivity index (χ3v) is 14.6. The molecule has 1 aliphatic carbocycles. The summed E-state index contributed by atoms with van der Waals surface area (Å²) in [5, 5.41) is 10.5. The standard InChI is InChI=1S/C57H41NS/c1-57(2)51-32-31-37(39-21-9-10-22-41(39)46-28-16-30-48-47-29-15-27-40(55(47)59-56(46)48)36-17-5-3-6-18-36)33-53(51)58(38-19-7-4-8-20-38)54-35-50-45-26-14-12-24-43(45)42-23-11-13-25-44(42)49(50)34-52(54)57/h3-35,51,53H,1-2H3. The molecule has 0 spiro atoms. The number of hydrogen-bond acceptors (Lipinski definition) is 2. The summed E-state index contributed by atoms with van der Waals surface area (Å²) < 4.78 is 2.68. The second-order valence-electron chi connectivity index (χ2n) is 16.8. The van der Waals surface area contributed by atoms with Crippen molar-refractivity contribution in [3.8, 4) is 22.3 Å². The van der Waals surface area contributed by atoms with Gasteiger partial charge in [0.05, 0.1) is 6.04 Å². The van der Waals surface area contributed by atoms with E-state index in [9.17, 15) is 0 Å². The summed E-state index contributed by atoms with van der Waals surface area (Å²) in [6.45, 7) is 4.92. The van der Waals surface area contributed by atoms with Crippen LogP contribution in [-0.4, -0.2) is 6.04 Å². The fourth-order valence-corrected chi connectivity index (χ4v) is 11.9. The monoisotopic (exact) mass is 771 g/mol. The van der Waals surface area contributed by atoms with Crippen LogP contribution in [0.25, 0.3) is 80.3 Å². The molecule has 2 heterocycles. The Balaban J connectivity index is 1.06. The lowest BCUT2D eigenvalue weighted by Crippen LogP contribution is -2.50. The number of hydrogen-bond donors (Lipinski definition) is 0. The molecule has 0 saturated heterocycles. The molecule has 2 heteroatoms. The van der Waals surface area contributed by atoms with Crippen molar-refractivity contribution in [3.05, 3.63) is 211 Å². The largest absolute Gasteiger partial charge is 0.334 e. The summed E-state index contributed by atoms with van der Waals surface area (Å²) in [6.07, 6.45) is 7.51. The van der Waals surface area contributed by atoms with Gasteiger partial charge in [0.1, 0.15) is 0 Å². The lowest BCUT2D eigenvalue weighted by atomic mass is 9.64. The van der Waals surface area contributed by atoms with Crippen LogP contribution in [0.5, 0.6) is 0 Å². The summed E-state index contributed by atoms with van der Waals surface area (Å²) in [4.78, 5) is 2.64. The summed E-state index contributed by atoms with van der Waals surface area (Å²) in [7, 11) is 0. The van der Waals surface area contributed by atoms with Gasteiger partial charge in [-0.05, 0) is 90.0 Å². The minimum atomic E-state index is -0.136. The third kappa shape index (κ3) is 5.16. The van der Waals surface area contributed by atoms with E-state index >= 15 is 0 Å². The average Bonchev–Trinajstić information content (AvgIpc) is 3.69. The molecule has 9 aromatic carbocycles. The van der Waals surface area contributed by atoms with Crippen LogP contribution in [0.2, 0.25) is 0 Å². The van der Waals surface area contributed by atoms with Crippen molar-refractivity contribution in [1.82, 2.24) is 0 Å². The lowest BCUT2D eigenvalue weighted by molar-refractivity contribution is 0.333. The van der Waals surface area contributed by atoms with Crippen molar-refractivity contribution >= 4 is 80.8 Å². The molecule has 2 atom stereocenters. The maximum atomic E-state index is 2.64. The molecule has 0 amide bonds. The van der Waals surface area contributed by atoms with Gasteiger partial charge in [-0.2, -0.15) is 0 Å². The molecular formula is C57H41NS. The van der Waals surface area contributed by atoms with E-state index in [2.05, 4.69) is 219 Å². The van der Waals surface area contributed by atoms with E-state index in [0.717, 1.165) is 0 Å². The van der Waals surface area contributed by atoms with Crippen molar-refractivity contribution in [1.29, 1.82) is 0 Å². The molecule has 10 aromatic rings. The van der Waals surface area contributed by atoms with Gasteiger partial charge in [-0.3, -0.25) is 0 Å². The molecule has 280 valence electrons. The molecule has 12 rings (SSSR count). The van der Waals surface area contributed by atoms with Crippen LogP contribution < -0.4 is 4.90 Å². The molecule has 2 unspecified atom stereocenters. The molecule has 1 aromatic heterocycles. The van der Waals surface area contributed by atoms with Crippen LogP contribution in [0, 0.1) is 5.92 Å². The Morgan fingerprint density at radius 2 is 0.966 bits per heavy atom. The molecule has 0 fully saturated rings. The van der Waals surface area contributed by atoms with Crippen LogP contribution in [0.4, 0.5) is 11.4 Å². The van der Waals surface area contributed by atoms with Crippen LogP contribution in [0.15, 0.2) is 200 Å². The highest BCUT2D eigenvalue weighted by atomic mass is 32.1. The van der Waals surface area contributed by atoms with E-state index in [4.69, 9.17) is 0 Å². The van der Waals surface area contributed by atoms with Gasteiger partial charge in [0, 0.05) is 48.4 Å². The Bertz CT molecular complexity index is 3370. The molecule has 1 aliphatic heterocycles. The maximum absolute atomic E-state index is 2.64. The highest BCUT2D eigenvalue weighted by molar-refractivity contribution is 7.26. The fraction of sp³-hybridized carbons (Fsp3) is 0.0877. The van der Waals surface area contributed by atoms with Crippen LogP contribution >= 0.6 is 11.3 Å². The number of thiophene rings is 1. The van der Waals surface area contributed by atoms with Gasteiger partial charge < -0.3 is 4.90 Å². The van der Waals surface area contributed by atoms with Crippen molar-refractivity contribution in [2.45, 2.75) is 25.3 Å². The first-order chi connectivity index (χ1) is 29.0. The fourth-order valence-electron chi connectivity index (χ4n) is 10.5. The second kappa shape index (κ2) is 13.1. The molecule has 0 saturated carbocycles. The van der Waals surface area contributed by atoms with E-state index in [-0.39, 0.29) is 17.4 Å². The molecule has 0 N–H and O–H groups in total. The highest BCUT2D eigenvalue weighted by Crippen LogP contribution is 2.54. The zero-order valence-corrected chi connectivity index (χ0v) is 33.9. The van der Waals surface area contributed by atoms with Crippen LogP contribution in [-0.2, 0) is 5.41 Å². The van der Waals surface area contributed by atoms with Gasteiger partial charge in [0.25, 0.3) is 0 Å². The first-order valence-corrected chi connectivity index (χ1v) is 21.6. The topological polar surface area (TPSA) is 3.24 Å². The number of fused-ring (bicyclic) bond motifs is 11. The van der Waals surface area contributed by atoms with Gasteiger partial charge in [0.15, 0.2) is 0 Å². The minimum absolute atomic E-state index is 0.102. The predicted octanol–water partition coefficient (Wildman–Crippen LogP) is 15.9. The zero-order valence-electron chi connectivity index (χ0n) is 33.1. The van der Waals surface area contributed by atoms with Crippen molar-refractivity contribution in [2.75, 3.05) is 4.90 Å². The lowest BCUT2D eigenvalue weighted by Gasteiger charge is -2.51. The van der Waals surface area contributed by atoms with Gasteiger partial charge >= 0.3 is 0 Å². The van der Waals surface area contributed by atoms with Gasteiger partial charge in [-0.15, -0.1) is 11.3 Å². The van der Waals surface area contributed by atoms with Crippen molar-refractivity contribution in [2.24, 2.45) is 5.92 Å². The third-order valence-electron chi connectivity index (χ3n) is 13.3. The van der Waals surface area contributed by atoms with Gasteiger partial charge in [-0.1, -0.05) is 190 Å². The van der Waals surface area contributed by atoms with Gasteiger partial charge in [-0.25, -0.2) is 0 Å². The summed E-state index contributed by atoms with van der Waals surface area (Å²) in [5.74, 6) is 0.248. The molecule has 1 nitrogen and oxygen atoms in total. The van der Waals surface area contributed by atoms with Gasteiger partial charge in [0.2, 0.25) is 0 Å². The minimum Gasteiger partial charge on any atom is -0.334 e. The Labute approximate surface area is 348 Å². The SMILES string of the molecule is CC1(C)c2cc3c4ccccc4c4ccccc4c3cc2N(c2ccccc2)C2C=C(c3ccccc3-c3cccc4c3sc3c(-c5ccccc5)cccc34)C=CC21. The number of para-hydroxylation sites is 1. The highest BCUT2D eigenvalue weighted by Gasteiger charge is 2.46. The number of allylic oxidation sites excluding steroid dienone is 2. The second-order valence-corrected chi connectivity index (χ2v) is 17.8. The quantitative estimate of drug-likeness (QED) is 0.161. The van der Waals surface area contributed by atoms with E-state index in [1.165, 1.54) is 103 Å². The van der Waals surface area contributed by atoms with E-state index < -0.39 is 0 Å². The number of anilines is 2. The van der Waals surface area contributed by atoms with Crippen LogP contribution in [0.3, 0.4) is 0 Å². The van der Waals surface area contributed by atoms with Crippen molar-refractivity contribution in [3.63, 3.8) is 0 Å².